The molecule has 0 aromatic rings. The van der Waals surface area contributed by atoms with Gasteiger partial charge in [-0.25, -0.2) is 9.13 Å². The number of esters is 4. The van der Waals surface area contributed by atoms with E-state index in [1.165, 1.54) is 0 Å². The Morgan fingerprint density at radius 1 is 0.296 bits per heavy atom. The molecule has 0 aliphatic carbocycles. The summed E-state index contributed by atoms with van der Waals surface area (Å²) in [6, 6.07) is 0. The molecule has 98 heavy (non-hydrogen) atoms. The zero-order valence-electron chi connectivity index (χ0n) is 60.9. The molecule has 0 aliphatic heterocycles. The van der Waals surface area contributed by atoms with Gasteiger partial charge in [0, 0.05) is 25.7 Å². The molecule has 0 bridgehead atoms. The Hall–Kier alpha value is -4.80. The third kappa shape index (κ3) is 69.7. The number of aliphatic hydroxyl groups is 1. The fourth-order valence-electron chi connectivity index (χ4n) is 9.42. The average molecular weight is 1420 g/mol. The van der Waals surface area contributed by atoms with Crippen LogP contribution < -0.4 is 0 Å². The number of allylic oxidation sites excluding steroid dienone is 22. The lowest BCUT2D eigenvalue weighted by molar-refractivity contribution is -0.161. The van der Waals surface area contributed by atoms with Crippen molar-refractivity contribution in [3.63, 3.8) is 0 Å². The van der Waals surface area contributed by atoms with E-state index in [-0.39, 0.29) is 25.7 Å². The number of aliphatic hydroxyl groups excluding tert-OH is 1. The lowest BCUT2D eigenvalue weighted by Crippen LogP contribution is -2.30. The summed E-state index contributed by atoms with van der Waals surface area (Å²) in [4.78, 5) is 72.8. The summed E-state index contributed by atoms with van der Waals surface area (Å²) in [5.41, 5.74) is 0. The molecule has 17 nitrogen and oxygen atoms in total. The van der Waals surface area contributed by atoms with Gasteiger partial charge in [0.25, 0.3) is 0 Å². The van der Waals surface area contributed by atoms with Crippen molar-refractivity contribution in [2.75, 3.05) is 39.6 Å². The van der Waals surface area contributed by atoms with Crippen LogP contribution in [0, 0.1) is 0 Å². The van der Waals surface area contributed by atoms with E-state index >= 15 is 0 Å². The summed E-state index contributed by atoms with van der Waals surface area (Å²) < 4.78 is 68.4. The lowest BCUT2D eigenvalue weighted by Gasteiger charge is -2.21. The van der Waals surface area contributed by atoms with Crippen LogP contribution in [-0.4, -0.2) is 96.7 Å². The number of carbonyl (C=O) groups excluding carboxylic acids is 4. The Balaban J connectivity index is 5.40. The predicted molar refractivity (Wildman–Crippen MR) is 399 cm³/mol. The molecule has 0 amide bonds. The molecule has 0 radical (unpaired) electrons. The van der Waals surface area contributed by atoms with Gasteiger partial charge in [-0.1, -0.05) is 245 Å². The monoisotopic (exact) mass is 1410 g/mol. The third-order valence-electron chi connectivity index (χ3n) is 15.0. The van der Waals surface area contributed by atoms with Gasteiger partial charge in [-0.15, -0.1) is 0 Å². The molecule has 560 valence electrons. The molecule has 0 spiro atoms. The van der Waals surface area contributed by atoms with Crippen LogP contribution in [0.5, 0.6) is 0 Å². The molecule has 0 rings (SSSR count). The highest BCUT2D eigenvalue weighted by atomic mass is 31.2. The second kappa shape index (κ2) is 70.6. The second-order valence-corrected chi connectivity index (χ2v) is 27.4. The maximum Gasteiger partial charge on any atom is 0.472 e. The van der Waals surface area contributed by atoms with E-state index in [9.17, 15) is 43.2 Å². The number of phosphoric acid groups is 2. The van der Waals surface area contributed by atoms with Crippen molar-refractivity contribution >= 4 is 39.5 Å². The van der Waals surface area contributed by atoms with Crippen molar-refractivity contribution in [3.8, 4) is 0 Å². The predicted octanol–water partition coefficient (Wildman–Crippen LogP) is 21.3. The van der Waals surface area contributed by atoms with Crippen LogP contribution in [0.25, 0.3) is 0 Å². The van der Waals surface area contributed by atoms with Gasteiger partial charge in [-0.05, 0) is 148 Å². The van der Waals surface area contributed by atoms with Gasteiger partial charge in [-0.3, -0.25) is 37.3 Å². The van der Waals surface area contributed by atoms with Crippen LogP contribution in [-0.2, 0) is 65.4 Å². The van der Waals surface area contributed by atoms with Gasteiger partial charge in [0.1, 0.15) is 19.3 Å². The highest BCUT2D eigenvalue weighted by Gasteiger charge is 2.30. The average Bonchev–Trinajstić information content (AvgIpc) is 1.05. The van der Waals surface area contributed by atoms with E-state index < -0.39 is 97.5 Å². The van der Waals surface area contributed by atoms with Crippen LogP contribution in [0.2, 0.25) is 0 Å². The Morgan fingerprint density at radius 3 is 0.816 bits per heavy atom. The fraction of sp³-hybridized carbons (Fsp3) is 0.671. The summed E-state index contributed by atoms with van der Waals surface area (Å²) >= 11 is 0. The second-order valence-electron chi connectivity index (χ2n) is 24.5. The summed E-state index contributed by atoms with van der Waals surface area (Å²) in [5, 5.41) is 10.6. The Bertz CT molecular complexity index is 2380. The SMILES string of the molecule is CC/C=C\C/C=C\C/C=C\C/C=C\CCCCCCC(=O)OCC(COP(=O)(O)OCC(O)COP(=O)(O)OCC(COC(=O)CCCCCCC/C=C\C/C=C\CCC)OC(=O)CCCCCCC/C=C\C/C=C\CCC)OC(=O)CCCCCCC/C=C\C/C=C\C/C=C\CC. The molecular weight excluding hydrogens is 1280 g/mol. The maximum absolute atomic E-state index is 13.1. The molecule has 0 saturated heterocycles. The summed E-state index contributed by atoms with van der Waals surface area (Å²) in [6.07, 6.45) is 77.3. The molecule has 19 heteroatoms. The van der Waals surface area contributed by atoms with Gasteiger partial charge in [0.2, 0.25) is 0 Å². The topological polar surface area (TPSA) is 237 Å². The molecule has 0 aliphatic rings. The largest absolute Gasteiger partial charge is 0.472 e. The molecule has 3 N–H and O–H groups in total. The summed E-state index contributed by atoms with van der Waals surface area (Å²) in [5.74, 6) is -2.26. The quantitative estimate of drug-likeness (QED) is 0.0169. The summed E-state index contributed by atoms with van der Waals surface area (Å²) in [7, 11) is -9.97. The number of unbranched alkanes of at least 4 members (excludes halogenated alkanes) is 21. The van der Waals surface area contributed by atoms with E-state index in [2.05, 4.69) is 161 Å². The third-order valence-corrected chi connectivity index (χ3v) is 16.9. The van der Waals surface area contributed by atoms with E-state index in [0.717, 1.165) is 205 Å². The van der Waals surface area contributed by atoms with Gasteiger partial charge in [0.15, 0.2) is 12.2 Å². The lowest BCUT2D eigenvalue weighted by atomic mass is 10.1. The molecule has 5 unspecified atom stereocenters. The van der Waals surface area contributed by atoms with E-state index in [1.54, 1.807) is 0 Å². The minimum absolute atomic E-state index is 0.0658. The van der Waals surface area contributed by atoms with Crippen molar-refractivity contribution in [2.24, 2.45) is 0 Å². The van der Waals surface area contributed by atoms with Crippen molar-refractivity contribution in [1.29, 1.82) is 0 Å². The zero-order chi connectivity index (χ0) is 71.8. The minimum Gasteiger partial charge on any atom is -0.462 e. The Morgan fingerprint density at radius 2 is 0.531 bits per heavy atom. The molecule has 5 atom stereocenters. The Labute approximate surface area is 593 Å². The van der Waals surface area contributed by atoms with Crippen molar-refractivity contribution < 1.29 is 80.2 Å². The zero-order valence-corrected chi connectivity index (χ0v) is 62.7. The van der Waals surface area contributed by atoms with E-state index in [4.69, 9.17) is 37.0 Å². The normalized spacial score (nSPS) is 14.7. The van der Waals surface area contributed by atoms with Crippen LogP contribution in [0.1, 0.15) is 285 Å². The van der Waals surface area contributed by atoms with Crippen LogP contribution in [0.4, 0.5) is 0 Å². The highest BCUT2D eigenvalue weighted by molar-refractivity contribution is 7.47. The first kappa shape index (κ1) is 93.2. The Kier molecular flexibility index (Phi) is 67.2. The number of hydrogen-bond donors (Lipinski definition) is 3. The van der Waals surface area contributed by atoms with Crippen molar-refractivity contribution in [3.05, 3.63) is 134 Å². The van der Waals surface area contributed by atoms with Gasteiger partial charge >= 0.3 is 39.5 Å². The fourth-order valence-corrected chi connectivity index (χ4v) is 11.0. The van der Waals surface area contributed by atoms with Gasteiger partial charge < -0.3 is 33.8 Å². The van der Waals surface area contributed by atoms with Gasteiger partial charge in [0.05, 0.1) is 26.4 Å². The standard InChI is InChI=1S/C79H132O17P2/c1-5-9-13-17-21-25-29-33-35-36-38-41-44-48-52-56-60-64-77(82)90-70-75(96-79(84)66-62-58-54-50-46-42-37-34-30-26-22-18-14-10-6-2)72-94-98(87,88)92-68-73(80)67-91-97(85,86)93-71-74(95-78(83)65-61-57-53-49-45-40-32-28-24-20-16-12-8-4)69-89-76(81)63-59-55-51-47-43-39-31-27-23-19-15-11-7-3/h9-10,13-16,19-22,25-28,31-35,37-38,41,73-75,80H,5-8,11-12,17-18,23-24,29-30,36,39-40,42-72H2,1-4H3,(H,85,86)(H,87,88)/b13-9-,14-10-,19-15-,20-16-,25-21-,26-22-,31-27-,32-28-,35-33-,37-34-,41-38-. The first-order valence-corrected chi connectivity index (χ1v) is 40.4. The summed E-state index contributed by atoms with van der Waals surface area (Å²) in [6.45, 7) is 4.42. The van der Waals surface area contributed by atoms with Crippen LogP contribution >= 0.6 is 15.6 Å². The molecule has 0 aromatic heterocycles. The molecular formula is C79H132O17P2. The van der Waals surface area contributed by atoms with Crippen molar-refractivity contribution in [1.82, 2.24) is 0 Å². The van der Waals surface area contributed by atoms with Gasteiger partial charge in [-0.2, -0.15) is 0 Å². The maximum atomic E-state index is 13.1. The highest BCUT2D eigenvalue weighted by Crippen LogP contribution is 2.45. The number of carbonyl (C=O) groups is 4. The number of ether oxygens (including phenoxy) is 4. The number of rotatable bonds is 69. The number of phosphoric ester groups is 2. The number of hydrogen-bond acceptors (Lipinski definition) is 15. The first-order chi connectivity index (χ1) is 47.7. The van der Waals surface area contributed by atoms with E-state index in [1.807, 2.05) is 0 Å². The molecule has 0 saturated carbocycles. The van der Waals surface area contributed by atoms with Crippen molar-refractivity contribution in [2.45, 2.75) is 303 Å². The minimum atomic E-state index is -4.99. The van der Waals surface area contributed by atoms with E-state index in [0.29, 0.717) is 25.7 Å². The smallest absolute Gasteiger partial charge is 0.462 e. The first-order valence-electron chi connectivity index (χ1n) is 37.4. The van der Waals surface area contributed by atoms with Crippen LogP contribution in [0.3, 0.4) is 0 Å². The molecule has 0 aromatic carbocycles. The molecule has 0 heterocycles. The molecule has 0 fully saturated rings. The van der Waals surface area contributed by atoms with Crippen LogP contribution in [0.15, 0.2) is 134 Å².